The molecule has 0 unspecified atom stereocenters. The number of hydrogen-bond donors (Lipinski definition) is 0. The first kappa shape index (κ1) is 19.1. The summed E-state index contributed by atoms with van der Waals surface area (Å²) in [7, 11) is 0. The number of benzene rings is 2. The molecule has 0 aliphatic rings. The van der Waals surface area contributed by atoms with E-state index in [2.05, 4.69) is 90.1 Å². The van der Waals surface area contributed by atoms with Gasteiger partial charge in [-0.15, -0.1) is 0 Å². The Morgan fingerprint density at radius 2 is 0.875 bits per heavy atom. The zero-order valence-corrected chi connectivity index (χ0v) is 16.9. The van der Waals surface area contributed by atoms with Crippen molar-refractivity contribution in [1.82, 2.24) is 0 Å². The van der Waals surface area contributed by atoms with Gasteiger partial charge in [-0.1, -0.05) is 113 Å². The van der Waals surface area contributed by atoms with Crippen LogP contribution in [-0.4, -0.2) is 0 Å². The maximum absolute atomic E-state index is 6.22. The van der Waals surface area contributed by atoms with Crippen LogP contribution in [0.15, 0.2) is 53.0 Å². The zero-order valence-electron chi connectivity index (χ0n) is 15.4. The van der Waals surface area contributed by atoms with Crippen LogP contribution in [0.5, 0.6) is 0 Å². The lowest BCUT2D eigenvalue weighted by molar-refractivity contribution is 0.590. The normalized spacial score (nSPS) is 12.2. The fourth-order valence-corrected chi connectivity index (χ4v) is 3.10. The van der Waals surface area contributed by atoms with Gasteiger partial charge in [0, 0.05) is 5.57 Å². The van der Waals surface area contributed by atoms with Crippen molar-refractivity contribution in [2.75, 3.05) is 0 Å². The lowest BCUT2D eigenvalue weighted by atomic mass is 9.84. The molecule has 0 N–H and O–H groups in total. The first-order valence-electron chi connectivity index (χ1n) is 8.27. The second-order valence-electron chi connectivity index (χ2n) is 8.29. The molecule has 0 radical (unpaired) electrons. The summed E-state index contributed by atoms with van der Waals surface area (Å²) in [4.78, 5) is 0. The Morgan fingerprint density at radius 3 is 1.08 bits per heavy atom. The minimum absolute atomic E-state index is 0.127. The van der Waals surface area contributed by atoms with E-state index in [1.165, 1.54) is 11.1 Å². The van der Waals surface area contributed by atoms with Gasteiger partial charge < -0.3 is 0 Å². The van der Waals surface area contributed by atoms with Crippen molar-refractivity contribution < 1.29 is 0 Å². The summed E-state index contributed by atoms with van der Waals surface area (Å²) >= 11 is 12.4. The van der Waals surface area contributed by atoms with Gasteiger partial charge in [-0.05, 0) is 33.1 Å². The van der Waals surface area contributed by atoms with Crippen LogP contribution < -0.4 is 0 Å². The molecule has 0 saturated heterocycles. The van der Waals surface area contributed by atoms with Crippen LogP contribution in [0.4, 0.5) is 0 Å². The average molecular weight is 361 g/mol. The third-order valence-electron chi connectivity index (χ3n) is 4.27. The Morgan fingerprint density at radius 1 is 0.583 bits per heavy atom. The van der Waals surface area contributed by atoms with Crippen molar-refractivity contribution in [3.05, 3.63) is 75.3 Å². The maximum atomic E-state index is 6.22. The molecule has 24 heavy (non-hydrogen) atoms. The molecule has 0 spiro atoms. The molecule has 0 aliphatic carbocycles. The topological polar surface area (TPSA) is 0 Å². The predicted octanol–water partition coefficient (Wildman–Crippen LogP) is 7.48. The molecule has 0 saturated carbocycles. The summed E-state index contributed by atoms with van der Waals surface area (Å²) in [5.41, 5.74) is 5.78. The lowest BCUT2D eigenvalue weighted by Crippen LogP contribution is -2.11. The van der Waals surface area contributed by atoms with E-state index in [0.29, 0.717) is 4.49 Å². The Kier molecular flexibility index (Phi) is 5.52. The highest BCUT2D eigenvalue weighted by atomic mass is 35.5. The molecule has 2 aromatic carbocycles. The van der Waals surface area contributed by atoms with E-state index < -0.39 is 0 Å². The van der Waals surface area contributed by atoms with Crippen molar-refractivity contribution in [3.8, 4) is 0 Å². The van der Waals surface area contributed by atoms with Crippen molar-refractivity contribution in [1.29, 1.82) is 0 Å². The fraction of sp³-hybridized carbons (Fsp3) is 0.364. The largest absolute Gasteiger partial charge is 0.115 e. The summed E-state index contributed by atoms with van der Waals surface area (Å²) in [6.45, 7) is 13.2. The summed E-state index contributed by atoms with van der Waals surface area (Å²) in [5, 5.41) is 0. The van der Waals surface area contributed by atoms with Gasteiger partial charge in [-0.25, -0.2) is 0 Å². The van der Waals surface area contributed by atoms with Crippen LogP contribution in [0.25, 0.3) is 5.57 Å². The molecule has 0 aromatic heterocycles. The van der Waals surface area contributed by atoms with E-state index in [-0.39, 0.29) is 10.8 Å². The molecule has 0 atom stereocenters. The van der Waals surface area contributed by atoms with Crippen LogP contribution in [0, 0.1) is 0 Å². The minimum atomic E-state index is 0.127. The molecule has 0 bridgehead atoms. The summed E-state index contributed by atoms with van der Waals surface area (Å²) < 4.78 is 0.294. The number of halogens is 2. The van der Waals surface area contributed by atoms with Gasteiger partial charge in [-0.3, -0.25) is 0 Å². The highest BCUT2D eigenvalue weighted by molar-refractivity contribution is 6.59. The summed E-state index contributed by atoms with van der Waals surface area (Å²) in [5.74, 6) is 0. The lowest BCUT2D eigenvalue weighted by Gasteiger charge is -2.21. The van der Waals surface area contributed by atoms with E-state index in [4.69, 9.17) is 23.2 Å². The Labute approximate surface area is 156 Å². The Balaban J connectivity index is 2.43. The quantitative estimate of drug-likeness (QED) is 0.520. The van der Waals surface area contributed by atoms with E-state index in [0.717, 1.165) is 16.7 Å². The van der Waals surface area contributed by atoms with E-state index in [9.17, 15) is 0 Å². The minimum Gasteiger partial charge on any atom is -0.0702 e. The van der Waals surface area contributed by atoms with Crippen LogP contribution in [0.2, 0.25) is 0 Å². The third-order valence-corrected chi connectivity index (χ3v) is 4.65. The molecule has 0 heterocycles. The first-order chi connectivity index (χ1) is 11.0. The molecular formula is C22H26Cl2. The Bertz CT molecular complexity index is 658. The monoisotopic (exact) mass is 360 g/mol. The molecule has 2 aromatic rings. The third kappa shape index (κ3) is 4.43. The zero-order chi connectivity index (χ0) is 18.1. The van der Waals surface area contributed by atoms with Crippen LogP contribution >= 0.6 is 23.2 Å². The molecule has 0 aliphatic heterocycles. The van der Waals surface area contributed by atoms with Crippen molar-refractivity contribution in [3.63, 3.8) is 0 Å². The van der Waals surface area contributed by atoms with E-state index in [1.54, 1.807) is 0 Å². The van der Waals surface area contributed by atoms with Crippen molar-refractivity contribution in [2.24, 2.45) is 0 Å². The van der Waals surface area contributed by atoms with Gasteiger partial charge >= 0.3 is 0 Å². The fourth-order valence-electron chi connectivity index (χ4n) is 2.66. The van der Waals surface area contributed by atoms with Gasteiger partial charge in [0.15, 0.2) is 0 Å². The van der Waals surface area contributed by atoms with Gasteiger partial charge in [0.25, 0.3) is 0 Å². The maximum Gasteiger partial charge on any atom is 0.115 e. The molecule has 0 nitrogen and oxygen atoms in total. The number of hydrogen-bond acceptors (Lipinski definition) is 0. The first-order valence-corrected chi connectivity index (χ1v) is 9.03. The average Bonchev–Trinajstić information content (AvgIpc) is 2.46. The molecule has 0 amide bonds. The van der Waals surface area contributed by atoms with Gasteiger partial charge in [0.05, 0.1) is 0 Å². The van der Waals surface area contributed by atoms with Gasteiger partial charge in [-0.2, -0.15) is 0 Å². The van der Waals surface area contributed by atoms with Gasteiger partial charge in [0.1, 0.15) is 4.49 Å². The van der Waals surface area contributed by atoms with E-state index >= 15 is 0 Å². The van der Waals surface area contributed by atoms with Crippen LogP contribution in [0.3, 0.4) is 0 Å². The molecule has 2 heteroatoms. The SMILES string of the molecule is CC(C)(C)c1ccc(C(=C(Cl)Cl)c2ccc(C(C)(C)C)cc2)cc1. The van der Waals surface area contributed by atoms with Gasteiger partial charge in [0.2, 0.25) is 0 Å². The molecule has 2 rings (SSSR count). The van der Waals surface area contributed by atoms with Crippen molar-refractivity contribution in [2.45, 2.75) is 52.4 Å². The van der Waals surface area contributed by atoms with Crippen LogP contribution in [-0.2, 0) is 10.8 Å². The van der Waals surface area contributed by atoms with Crippen molar-refractivity contribution >= 4 is 28.8 Å². The van der Waals surface area contributed by atoms with Crippen LogP contribution in [0.1, 0.15) is 63.8 Å². The molecule has 0 fully saturated rings. The number of rotatable bonds is 2. The highest BCUT2D eigenvalue weighted by Crippen LogP contribution is 2.33. The van der Waals surface area contributed by atoms with E-state index in [1.807, 2.05) is 0 Å². The smallest absolute Gasteiger partial charge is 0.0702 e. The summed E-state index contributed by atoms with van der Waals surface area (Å²) in [6, 6.07) is 17.0. The predicted molar refractivity (Wildman–Crippen MR) is 108 cm³/mol. The molecular weight excluding hydrogens is 335 g/mol. The molecule has 128 valence electrons. The highest BCUT2D eigenvalue weighted by Gasteiger charge is 2.17. The standard InChI is InChI=1S/C22H26Cl2/c1-21(2,3)17-11-7-15(8-12-17)19(20(23)24)16-9-13-18(14-10-16)22(4,5)6/h7-14H,1-6H3. The summed E-state index contributed by atoms with van der Waals surface area (Å²) in [6.07, 6.45) is 0. The second-order valence-corrected chi connectivity index (χ2v) is 9.24. The second kappa shape index (κ2) is 6.94. The Hall–Kier alpha value is -1.24.